The summed E-state index contributed by atoms with van der Waals surface area (Å²) in [6.45, 7) is 1.85. The minimum atomic E-state index is -0.252. The molecular weight excluding hydrogens is 120 g/mol. The van der Waals surface area contributed by atoms with E-state index < -0.39 is 0 Å². The van der Waals surface area contributed by atoms with Crippen LogP contribution in [0.1, 0.15) is 13.3 Å². The van der Waals surface area contributed by atoms with Gasteiger partial charge in [0.25, 0.3) is 0 Å². The van der Waals surface area contributed by atoms with E-state index in [2.05, 4.69) is 0 Å². The fraction of sp³-hybridized carbons (Fsp3) is 0.833. The third-order valence-electron chi connectivity index (χ3n) is 1.59. The molecule has 0 spiro atoms. The predicted molar refractivity (Wildman–Crippen MR) is 30.7 cm³/mol. The Labute approximate surface area is 53.6 Å². The maximum Gasteiger partial charge on any atom is 0.306 e. The zero-order chi connectivity index (χ0) is 6.85. The lowest BCUT2D eigenvalue weighted by Gasteiger charge is -2.07. The molecule has 1 N–H and O–H groups in total. The maximum atomic E-state index is 10.5. The van der Waals surface area contributed by atoms with Crippen LogP contribution in [-0.2, 0) is 9.53 Å². The largest absolute Gasteiger partial charge is 0.460 e. The molecule has 1 fully saturated rings. The molecule has 0 radical (unpaired) electrons. The van der Waals surface area contributed by atoms with Crippen molar-refractivity contribution in [3.63, 3.8) is 0 Å². The topological polar surface area (TPSA) is 46.5 Å². The highest BCUT2D eigenvalue weighted by Gasteiger charge is 2.30. The average Bonchev–Trinajstić information content (AvgIpc) is 2.10. The molecular formula is C6H10O3. The molecule has 2 atom stereocenters. The molecule has 0 aliphatic carbocycles. The first-order chi connectivity index (χ1) is 4.24. The molecule has 1 aliphatic rings. The highest BCUT2D eigenvalue weighted by molar-refractivity contribution is 5.71. The van der Waals surface area contributed by atoms with Crippen LogP contribution >= 0.6 is 0 Å². The number of hydrogen-bond acceptors (Lipinski definition) is 3. The standard InChI is InChI=1S/C6H10O3/c1-4-2-6(8)9-5(4)3-7/h4-5,7H,2-3H2,1H3/t4-,5+/m1/s1. The average molecular weight is 130 g/mol. The summed E-state index contributed by atoms with van der Waals surface area (Å²) < 4.78 is 4.73. The van der Waals surface area contributed by atoms with Gasteiger partial charge in [-0.25, -0.2) is 0 Å². The van der Waals surface area contributed by atoms with Crippen molar-refractivity contribution in [2.75, 3.05) is 6.61 Å². The molecule has 52 valence electrons. The molecule has 1 rings (SSSR count). The van der Waals surface area contributed by atoms with E-state index in [0.29, 0.717) is 6.42 Å². The molecule has 0 amide bonds. The Morgan fingerprint density at radius 1 is 1.89 bits per heavy atom. The fourth-order valence-electron chi connectivity index (χ4n) is 0.945. The number of aliphatic hydroxyl groups is 1. The lowest BCUT2D eigenvalue weighted by atomic mass is 10.1. The molecule has 3 nitrogen and oxygen atoms in total. The monoisotopic (exact) mass is 130 g/mol. The van der Waals surface area contributed by atoms with Crippen LogP contribution in [0, 0.1) is 5.92 Å². The van der Waals surface area contributed by atoms with Crippen molar-refractivity contribution in [1.82, 2.24) is 0 Å². The van der Waals surface area contributed by atoms with E-state index >= 15 is 0 Å². The Bertz CT molecular complexity index is 121. The van der Waals surface area contributed by atoms with Crippen molar-refractivity contribution < 1.29 is 14.6 Å². The lowest BCUT2D eigenvalue weighted by molar-refractivity contribution is -0.142. The SMILES string of the molecule is C[C@@H]1CC(=O)O[C@H]1CO. The summed E-state index contributed by atoms with van der Waals surface area (Å²) in [7, 11) is 0. The van der Waals surface area contributed by atoms with Gasteiger partial charge in [0.1, 0.15) is 6.10 Å². The zero-order valence-electron chi connectivity index (χ0n) is 5.33. The molecule has 0 unspecified atom stereocenters. The van der Waals surface area contributed by atoms with Gasteiger partial charge in [0.15, 0.2) is 0 Å². The molecule has 1 aliphatic heterocycles. The molecule has 0 saturated carbocycles. The number of carbonyl (C=O) groups is 1. The number of ether oxygens (including phenoxy) is 1. The van der Waals surface area contributed by atoms with Crippen LogP contribution in [0.15, 0.2) is 0 Å². The van der Waals surface area contributed by atoms with E-state index in [1.807, 2.05) is 6.92 Å². The van der Waals surface area contributed by atoms with Gasteiger partial charge in [0.2, 0.25) is 0 Å². The fourth-order valence-corrected chi connectivity index (χ4v) is 0.945. The minimum Gasteiger partial charge on any atom is -0.460 e. The quantitative estimate of drug-likeness (QED) is 0.505. The van der Waals surface area contributed by atoms with E-state index in [1.54, 1.807) is 0 Å². The number of rotatable bonds is 1. The Balaban J connectivity index is 2.47. The highest BCUT2D eigenvalue weighted by atomic mass is 16.6. The highest BCUT2D eigenvalue weighted by Crippen LogP contribution is 2.20. The predicted octanol–water partition coefficient (Wildman–Crippen LogP) is -0.0697. The van der Waals surface area contributed by atoms with Gasteiger partial charge in [-0.3, -0.25) is 4.79 Å². The minimum absolute atomic E-state index is 0.0487. The second-order valence-electron chi connectivity index (χ2n) is 2.39. The summed E-state index contributed by atoms with van der Waals surface area (Å²) in [4.78, 5) is 10.5. The van der Waals surface area contributed by atoms with Crippen LogP contribution in [0.4, 0.5) is 0 Å². The normalized spacial score (nSPS) is 34.7. The van der Waals surface area contributed by atoms with E-state index in [4.69, 9.17) is 9.84 Å². The number of cyclic esters (lactones) is 1. The van der Waals surface area contributed by atoms with Crippen molar-refractivity contribution in [1.29, 1.82) is 0 Å². The summed E-state index contributed by atoms with van der Waals surface area (Å²) in [5.41, 5.74) is 0. The molecule has 3 heteroatoms. The van der Waals surface area contributed by atoms with Crippen LogP contribution in [-0.4, -0.2) is 23.8 Å². The van der Waals surface area contributed by atoms with E-state index in [1.165, 1.54) is 0 Å². The second-order valence-corrected chi connectivity index (χ2v) is 2.39. The molecule has 9 heavy (non-hydrogen) atoms. The second kappa shape index (κ2) is 2.35. The number of hydrogen-bond donors (Lipinski definition) is 1. The Morgan fingerprint density at radius 3 is 2.78 bits per heavy atom. The number of esters is 1. The number of carbonyl (C=O) groups excluding carboxylic acids is 1. The van der Waals surface area contributed by atoms with Gasteiger partial charge < -0.3 is 9.84 Å². The summed E-state index contributed by atoms with van der Waals surface area (Å²) in [5, 5.41) is 8.58. The summed E-state index contributed by atoms with van der Waals surface area (Å²) >= 11 is 0. The van der Waals surface area contributed by atoms with Gasteiger partial charge in [-0.05, 0) is 0 Å². The number of aliphatic hydroxyl groups excluding tert-OH is 1. The van der Waals surface area contributed by atoms with Gasteiger partial charge in [-0.15, -0.1) is 0 Å². The van der Waals surface area contributed by atoms with E-state index in [0.717, 1.165) is 0 Å². The van der Waals surface area contributed by atoms with Crippen LogP contribution in [0.2, 0.25) is 0 Å². The first kappa shape index (κ1) is 6.55. The van der Waals surface area contributed by atoms with E-state index in [-0.39, 0.29) is 24.6 Å². The Hall–Kier alpha value is -0.570. The smallest absolute Gasteiger partial charge is 0.306 e. The molecule has 0 aromatic carbocycles. The van der Waals surface area contributed by atoms with Gasteiger partial charge in [-0.2, -0.15) is 0 Å². The van der Waals surface area contributed by atoms with Gasteiger partial charge in [-0.1, -0.05) is 6.92 Å². The summed E-state index contributed by atoms with van der Waals surface area (Å²) in [6.07, 6.45) is 0.197. The van der Waals surface area contributed by atoms with Crippen LogP contribution in [0.25, 0.3) is 0 Å². The van der Waals surface area contributed by atoms with Crippen molar-refractivity contribution >= 4 is 5.97 Å². The van der Waals surface area contributed by atoms with Crippen molar-refractivity contribution in [3.05, 3.63) is 0 Å². The maximum absolute atomic E-state index is 10.5. The third kappa shape index (κ3) is 1.21. The van der Waals surface area contributed by atoms with Crippen LogP contribution < -0.4 is 0 Å². The molecule has 0 bridgehead atoms. The van der Waals surface area contributed by atoms with Gasteiger partial charge in [0, 0.05) is 5.92 Å². The van der Waals surface area contributed by atoms with Gasteiger partial charge in [0.05, 0.1) is 13.0 Å². The Kier molecular flexibility index (Phi) is 1.71. The lowest BCUT2D eigenvalue weighted by Crippen LogP contribution is -2.17. The molecule has 1 heterocycles. The van der Waals surface area contributed by atoms with Crippen LogP contribution in [0.3, 0.4) is 0 Å². The van der Waals surface area contributed by atoms with Gasteiger partial charge >= 0.3 is 5.97 Å². The molecule has 0 aromatic heterocycles. The third-order valence-corrected chi connectivity index (χ3v) is 1.59. The summed E-state index contributed by atoms with van der Waals surface area (Å²) in [6, 6.07) is 0. The first-order valence-electron chi connectivity index (χ1n) is 3.04. The van der Waals surface area contributed by atoms with Crippen molar-refractivity contribution in [2.24, 2.45) is 5.92 Å². The van der Waals surface area contributed by atoms with Crippen LogP contribution in [0.5, 0.6) is 0 Å². The van der Waals surface area contributed by atoms with Crippen molar-refractivity contribution in [3.8, 4) is 0 Å². The first-order valence-corrected chi connectivity index (χ1v) is 3.04. The summed E-state index contributed by atoms with van der Waals surface area (Å²) in [5.74, 6) is -0.0101. The Morgan fingerprint density at radius 2 is 2.56 bits per heavy atom. The molecule has 0 aromatic rings. The van der Waals surface area contributed by atoms with Crippen molar-refractivity contribution in [2.45, 2.75) is 19.4 Å². The molecule has 1 saturated heterocycles. The zero-order valence-corrected chi connectivity index (χ0v) is 5.33. The van der Waals surface area contributed by atoms with E-state index in [9.17, 15) is 4.79 Å².